The number of nitrogens with zero attached hydrogens (tertiary/aromatic N) is 1. The van der Waals surface area contributed by atoms with E-state index in [1.165, 1.54) is 11.8 Å². The molecule has 0 aromatic rings. The maximum Gasteiger partial charge on any atom is 0.311 e. The molecule has 0 aliphatic heterocycles. The SMILES string of the molecule is CC1CCC(CNC(=O)CSCC#N)(C(=O)O)CC1. The normalized spacial score (nSPS) is 26.4. The summed E-state index contributed by atoms with van der Waals surface area (Å²) in [6, 6.07) is 1.95. The van der Waals surface area contributed by atoms with Crippen LogP contribution < -0.4 is 5.32 Å². The Balaban J connectivity index is 2.45. The fraction of sp³-hybridized carbons (Fsp3) is 0.769. The molecule has 0 spiro atoms. The van der Waals surface area contributed by atoms with Gasteiger partial charge in [-0.05, 0) is 31.6 Å². The molecule has 19 heavy (non-hydrogen) atoms. The van der Waals surface area contributed by atoms with Crippen LogP contribution >= 0.6 is 11.8 Å². The van der Waals surface area contributed by atoms with Gasteiger partial charge in [0.1, 0.15) is 0 Å². The first kappa shape index (κ1) is 15.8. The molecule has 1 aliphatic rings. The van der Waals surface area contributed by atoms with Crippen molar-refractivity contribution in [2.24, 2.45) is 11.3 Å². The number of nitriles is 1. The predicted octanol–water partition coefficient (Wildman–Crippen LogP) is 1.64. The average Bonchev–Trinajstić information content (AvgIpc) is 2.38. The highest BCUT2D eigenvalue weighted by Crippen LogP contribution is 2.38. The number of thioether (sulfide) groups is 1. The second-order valence-electron chi connectivity index (χ2n) is 5.20. The molecule has 0 aromatic carbocycles. The first-order valence-electron chi connectivity index (χ1n) is 6.45. The van der Waals surface area contributed by atoms with Crippen LogP contribution in [0.25, 0.3) is 0 Å². The van der Waals surface area contributed by atoms with Crippen molar-refractivity contribution >= 4 is 23.6 Å². The molecule has 0 aromatic heterocycles. The maximum atomic E-state index is 11.6. The second-order valence-corrected chi connectivity index (χ2v) is 6.18. The molecular formula is C13H20N2O3S. The average molecular weight is 284 g/mol. The Morgan fingerprint density at radius 2 is 2.11 bits per heavy atom. The number of rotatable bonds is 6. The van der Waals surface area contributed by atoms with E-state index < -0.39 is 11.4 Å². The van der Waals surface area contributed by atoms with Crippen LogP contribution in [-0.4, -0.2) is 35.0 Å². The zero-order valence-corrected chi connectivity index (χ0v) is 12.0. The fourth-order valence-electron chi connectivity index (χ4n) is 2.29. The van der Waals surface area contributed by atoms with E-state index in [0.29, 0.717) is 18.8 Å². The Morgan fingerprint density at radius 3 is 2.63 bits per heavy atom. The molecule has 6 heteroatoms. The van der Waals surface area contributed by atoms with Crippen molar-refractivity contribution in [2.45, 2.75) is 32.6 Å². The van der Waals surface area contributed by atoms with Gasteiger partial charge in [-0.2, -0.15) is 5.26 Å². The van der Waals surface area contributed by atoms with Gasteiger partial charge in [0.2, 0.25) is 5.91 Å². The highest BCUT2D eigenvalue weighted by atomic mass is 32.2. The van der Waals surface area contributed by atoms with Gasteiger partial charge >= 0.3 is 5.97 Å². The minimum atomic E-state index is -0.815. The molecule has 0 radical (unpaired) electrons. The second kappa shape index (κ2) is 7.39. The molecule has 1 fully saturated rings. The number of hydrogen-bond donors (Lipinski definition) is 2. The molecule has 1 aliphatic carbocycles. The number of amides is 1. The summed E-state index contributed by atoms with van der Waals surface area (Å²) in [6.07, 6.45) is 3.03. The summed E-state index contributed by atoms with van der Waals surface area (Å²) in [6.45, 7) is 2.32. The largest absolute Gasteiger partial charge is 0.481 e. The fourth-order valence-corrected chi connectivity index (χ4v) is 2.77. The lowest BCUT2D eigenvalue weighted by atomic mass is 9.71. The van der Waals surface area contributed by atoms with Crippen LogP contribution in [0.15, 0.2) is 0 Å². The van der Waals surface area contributed by atoms with Gasteiger partial charge in [-0.15, -0.1) is 11.8 Å². The van der Waals surface area contributed by atoms with Crippen molar-refractivity contribution in [3.05, 3.63) is 0 Å². The standard InChI is InChI=1S/C13H20N2O3S/c1-10-2-4-13(5-3-10,12(17)18)9-15-11(16)8-19-7-6-14/h10H,2-5,7-9H2,1H3,(H,15,16)(H,17,18). The quantitative estimate of drug-likeness (QED) is 0.724. The van der Waals surface area contributed by atoms with E-state index in [0.717, 1.165) is 12.8 Å². The van der Waals surface area contributed by atoms with Crippen molar-refractivity contribution in [1.29, 1.82) is 5.26 Å². The molecule has 106 valence electrons. The van der Waals surface area contributed by atoms with E-state index in [1.807, 2.05) is 6.07 Å². The number of carboxylic acid groups (broad SMARTS) is 1. The molecule has 1 amide bonds. The van der Waals surface area contributed by atoms with Gasteiger partial charge in [0.15, 0.2) is 0 Å². The van der Waals surface area contributed by atoms with E-state index in [2.05, 4.69) is 12.2 Å². The monoisotopic (exact) mass is 284 g/mol. The maximum absolute atomic E-state index is 11.6. The smallest absolute Gasteiger partial charge is 0.311 e. The van der Waals surface area contributed by atoms with Gasteiger partial charge in [0.25, 0.3) is 0 Å². The van der Waals surface area contributed by atoms with Crippen LogP contribution in [0.3, 0.4) is 0 Å². The Bertz CT molecular complexity index is 371. The Kier molecular flexibility index (Phi) is 6.16. The summed E-state index contributed by atoms with van der Waals surface area (Å²) >= 11 is 1.24. The Labute approximate surface area is 117 Å². The zero-order valence-electron chi connectivity index (χ0n) is 11.1. The van der Waals surface area contributed by atoms with Gasteiger partial charge in [-0.1, -0.05) is 6.92 Å². The minimum absolute atomic E-state index is 0.195. The summed E-state index contributed by atoms with van der Waals surface area (Å²) < 4.78 is 0. The number of carboxylic acids is 1. The first-order valence-corrected chi connectivity index (χ1v) is 7.60. The Morgan fingerprint density at radius 1 is 1.47 bits per heavy atom. The third-order valence-electron chi connectivity index (χ3n) is 3.71. The van der Waals surface area contributed by atoms with Crippen LogP contribution in [0.1, 0.15) is 32.6 Å². The van der Waals surface area contributed by atoms with Crippen molar-refractivity contribution in [3.8, 4) is 6.07 Å². The molecule has 0 saturated heterocycles. The summed E-state index contributed by atoms with van der Waals surface area (Å²) in [4.78, 5) is 23.0. The van der Waals surface area contributed by atoms with E-state index in [9.17, 15) is 14.7 Å². The highest BCUT2D eigenvalue weighted by molar-refractivity contribution is 8.00. The van der Waals surface area contributed by atoms with Crippen LogP contribution in [0.2, 0.25) is 0 Å². The van der Waals surface area contributed by atoms with Crippen molar-refractivity contribution < 1.29 is 14.7 Å². The number of carbonyl (C=O) groups is 2. The molecule has 5 nitrogen and oxygen atoms in total. The van der Waals surface area contributed by atoms with Gasteiger partial charge in [-0.25, -0.2) is 0 Å². The lowest BCUT2D eigenvalue weighted by Gasteiger charge is -2.35. The molecule has 0 bridgehead atoms. The number of aliphatic carboxylic acids is 1. The van der Waals surface area contributed by atoms with Crippen LogP contribution in [-0.2, 0) is 9.59 Å². The van der Waals surface area contributed by atoms with Gasteiger partial charge < -0.3 is 10.4 Å². The number of hydrogen-bond acceptors (Lipinski definition) is 4. The first-order chi connectivity index (χ1) is 9.00. The predicted molar refractivity (Wildman–Crippen MR) is 73.6 cm³/mol. The van der Waals surface area contributed by atoms with Crippen LogP contribution in [0.4, 0.5) is 0 Å². The molecule has 0 heterocycles. The lowest BCUT2D eigenvalue weighted by Crippen LogP contribution is -2.45. The van der Waals surface area contributed by atoms with E-state index in [1.54, 1.807) is 0 Å². The lowest BCUT2D eigenvalue weighted by molar-refractivity contribution is -0.151. The summed E-state index contributed by atoms with van der Waals surface area (Å²) in [7, 11) is 0. The molecular weight excluding hydrogens is 264 g/mol. The third kappa shape index (κ3) is 4.75. The van der Waals surface area contributed by atoms with Crippen LogP contribution in [0, 0.1) is 22.7 Å². The molecule has 0 atom stereocenters. The number of nitrogens with one attached hydrogen (secondary N) is 1. The van der Waals surface area contributed by atoms with E-state index in [-0.39, 0.29) is 24.0 Å². The van der Waals surface area contributed by atoms with Crippen molar-refractivity contribution in [1.82, 2.24) is 5.32 Å². The summed E-state index contributed by atoms with van der Waals surface area (Å²) in [5.41, 5.74) is -0.804. The summed E-state index contributed by atoms with van der Waals surface area (Å²) in [5, 5.41) is 20.5. The van der Waals surface area contributed by atoms with Gasteiger partial charge in [-0.3, -0.25) is 9.59 Å². The summed E-state index contributed by atoms with van der Waals surface area (Å²) in [5.74, 6) is 0.0347. The van der Waals surface area contributed by atoms with Crippen LogP contribution in [0.5, 0.6) is 0 Å². The van der Waals surface area contributed by atoms with E-state index >= 15 is 0 Å². The molecule has 2 N–H and O–H groups in total. The van der Waals surface area contributed by atoms with Gasteiger partial charge in [0.05, 0.1) is 23.0 Å². The van der Waals surface area contributed by atoms with Crippen molar-refractivity contribution in [2.75, 3.05) is 18.1 Å². The van der Waals surface area contributed by atoms with Crippen molar-refractivity contribution in [3.63, 3.8) is 0 Å². The topological polar surface area (TPSA) is 90.2 Å². The minimum Gasteiger partial charge on any atom is -0.481 e. The third-order valence-corrected chi connectivity index (χ3v) is 4.51. The molecule has 0 unspecified atom stereocenters. The van der Waals surface area contributed by atoms with Gasteiger partial charge in [0, 0.05) is 6.54 Å². The zero-order chi connectivity index (χ0) is 14.3. The Hall–Kier alpha value is -1.22. The van der Waals surface area contributed by atoms with E-state index in [4.69, 9.17) is 5.26 Å². The highest BCUT2D eigenvalue weighted by Gasteiger charge is 2.41. The molecule has 1 saturated carbocycles. The number of carbonyl (C=O) groups excluding carboxylic acids is 1. The molecule has 1 rings (SSSR count).